The van der Waals surface area contributed by atoms with Gasteiger partial charge in [0.1, 0.15) is 0 Å². The Hall–Kier alpha value is -0.120. The van der Waals surface area contributed by atoms with Crippen molar-refractivity contribution in [3.63, 3.8) is 0 Å². The lowest BCUT2D eigenvalue weighted by Gasteiger charge is -2.53. The van der Waals surface area contributed by atoms with Crippen LogP contribution in [0.15, 0.2) is 0 Å². The van der Waals surface area contributed by atoms with Crippen molar-refractivity contribution in [3.8, 4) is 0 Å². The first-order valence-corrected chi connectivity index (χ1v) is 6.22. The molecule has 1 saturated carbocycles. The number of piperidine rings is 1. The maximum absolute atomic E-state index is 6.46. The van der Waals surface area contributed by atoms with Crippen molar-refractivity contribution >= 4 is 0 Å². The Bertz CT molecular complexity index is 250. The van der Waals surface area contributed by atoms with E-state index < -0.39 is 0 Å². The van der Waals surface area contributed by atoms with Crippen LogP contribution in [-0.2, 0) is 4.74 Å². The molecule has 1 aliphatic carbocycles. The molecule has 2 saturated heterocycles. The van der Waals surface area contributed by atoms with E-state index in [0.29, 0.717) is 5.41 Å². The molecule has 0 aromatic heterocycles. The summed E-state index contributed by atoms with van der Waals surface area (Å²) in [5.41, 5.74) is 6.96. The minimum Gasteiger partial charge on any atom is -0.380 e. The molecule has 3 aliphatic rings. The Kier molecular flexibility index (Phi) is 2.14. The Labute approximate surface area is 91.9 Å². The van der Waals surface area contributed by atoms with Crippen LogP contribution >= 0.6 is 0 Å². The van der Waals surface area contributed by atoms with E-state index in [1.54, 1.807) is 0 Å². The zero-order valence-corrected chi connectivity index (χ0v) is 9.67. The molecule has 86 valence electrons. The van der Waals surface area contributed by atoms with Gasteiger partial charge in [0.2, 0.25) is 0 Å². The maximum atomic E-state index is 6.46. The van der Waals surface area contributed by atoms with Gasteiger partial charge in [-0.05, 0) is 51.7 Å². The van der Waals surface area contributed by atoms with Gasteiger partial charge in [-0.25, -0.2) is 0 Å². The number of nitrogens with zero attached hydrogens (tertiary/aromatic N) is 1. The second-order valence-electron chi connectivity index (χ2n) is 5.88. The van der Waals surface area contributed by atoms with Gasteiger partial charge in [0.15, 0.2) is 0 Å². The first-order valence-electron chi connectivity index (χ1n) is 6.22. The SMILES string of the molecule is CN1CCC(C2(C3(N)CC3)COC2)CC1. The number of hydrogen-bond donors (Lipinski definition) is 1. The van der Waals surface area contributed by atoms with Crippen LogP contribution in [0.25, 0.3) is 0 Å². The molecule has 0 bridgehead atoms. The van der Waals surface area contributed by atoms with E-state index in [-0.39, 0.29) is 5.54 Å². The molecule has 15 heavy (non-hydrogen) atoms. The fourth-order valence-electron chi connectivity index (χ4n) is 3.45. The molecular weight excluding hydrogens is 188 g/mol. The Morgan fingerprint density at radius 3 is 2.20 bits per heavy atom. The first kappa shape index (κ1) is 10.1. The maximum Gasteiger partial charge on any atom is 0.0565 e. The normalized spacial score (nSPS) is 34.8. The highest BCUT2D eigenvalue weighted by molar-refractivity contribution is 5.17. The van der Waals surface area contributed by atoms with E-state index in [9.17, 15) is 0 Å². The van der Waals surface area contributed by atoms with Gasteiger partial charge in [0, 0.05) is 11.0 Å². The van der Waals surface area contributed by atoms with Crippen molar-refractivity contribution < 1.29 is 4.74 Å². The number of hydrogen-bond acceptors (Lipinski definition) is 3. The highest BCUT2D eigenvalue weighted by Gasteiger charge is 2.63. The fourth-order valence-corrected chi connectivity index (χ4v) is 3.45. The molecule has 0 radical (unpaired) electrons. The fraction of sp³-hybridized carbons (Fsp3) is 1.00. The van der Waals surface area contributed by atoms with E-state index in [2.05, 4.69) is 11.9 Å². The standard InChI is InChI=1S/C12H22N2O/c1-14-6-2-10(3-7-14)11(8-15-9-11)12(13)4-5-12/h10H,2-9,13H2,1H3. The molecule has 3 rings (SSSR count). The van der Waals surface area contributed by atoms with Crippen molar-refractivity contribution in [3.05, 3.63) is 0 Å². The minimum atomic E-state index is 0.145. The number of likely N-dealkylation sites (tertiary alicyclic amines) is 1. The topological polar surface area (TPSA) is 38.5 Å². The predicted molar refractivity (Wildman–Crippen MR) is 59.6 cm³/mol. The van der Waals surface area contributed by atoms with Crippen LogP contribution in [0.5, 0.6) is 0 Å². The van der Waals surface area contributed by atoms with Gasteiger partial charge in [-0.2, -0.15) is 0 Å². The van der Waals surface area contributed by atoms with Crippen LogP contribution in [0.3, 0.4) is 0 Å². The molecule has 0 spiro atoms. The van der Waals surface area contributed by atoms with Crippen LogP contribution < -0.4 is 5.73 Å². The summed E-state index contributed by atoms with van der Waals surface area (Å²) in [5, 5.41) is 0. The van der Waals surface area contributed by atoms with E-state index in [0.717, 1.165) is 19.1 Å². The van der Waals surface area contributed by atoms with E-state index in [4.69, 9.17) is 10.5 Å². The van der Waals surface area contributed by atoms with Crippen LogP contribution in [-0.4, -0.2) is 43.8 Å². The van der Waals surface area contributed by atoms with Crippen LogP contribution in [0.1, 0.15) is 25.7 Å². The Morgan fingerprint density at radius 1 is 1.20 bits per heavy atom. The molecule has 0 unspecified atom stereocenters. The predicted octanol–water partition coefficient (Wildman–Crippen LogP) is 0.836. The summed E-state index contributed by atoms with van der Waals surface area (Å²) >= 11 is 0. The average Bonchev–Trinajstić information content (AvgIpc) is 2.86. The molecule has 0 amide bonds. The lowest BCUT2D eigenvalue weighted by molar-refractivity contribution is -0.174. The molecule has 0 aromatic carbocycles. The number of rotatable bonds is 2. The molecule has 3 fully saturated rings. The largest absolute Gasteiger partial charge is 0.380 e. The zero-order valence-electron chi connectivity index (χ0n) is 9.67. The minimum absolute atomic E-state index is 0.145. The van der Waals surface area contributed by atoms with E-state index in [1.807, 2.05) is 0 Å². The molecule has 3 heteroatoms. The molecule has 2 aliphatic heterocycles. The highest BCUT2D eigenvalue weighted by Crippen LogP contribution is 2.58. The van der Waals surface area contributed by atoms with Crippen LogP contribution in [0.4, 0.5) is 0 Å². The third kappa shape index (κ3) is 1.37. The van der Waals surface area contributed by atoms with Gasteiger partial charge in [0.25, 0.3) is 0 Å². The van der Waals surface area contributed by atoms with Crippen LogP contribution in [0.2, 0.25) is 0 Å². The molecule has 0 aromatic rings. The summed E-state index contributed by atoms with van der Waals surface area (Å²) in [6.07, 6.45) is 5.09. The number of ether oxygens (including phenoxy) is 1. The van der Waals surface area contributed by atoms with E-state index >= 15 is 0 Å². The first-order chi connectivity index (χ1) is 7.16. The van der Waals surface area contributed by atoms with Crippen LogP contribution in [0, 0.1) is 11.3 Å². The third-order valence-electron chi connectivity index (χ3n) is 5.00. The van der Waals surface area contributed by atoms with Gasteiger partial charge in [-0.15, -0.1) is 0 Å². The molecule has 2 N–H and O–H groups in total. The lowest BCUT2D eigenvalue weighted by Crippen LogP contribution is -2.62. The second kappa shape index (κ2) is 3.19. The lowest BCUT2D eigenvalue weighted by atomic mass is 9.63. The summed E-state index contributed by atoms with van der Waals surface area (Å²) in [7, 11) is 2.22. The third-order valence-corrected chi connectivity index (χ3v) is 5.00. The summed E-state index contributed by atoms with van der Waals surface area (Å²) in [5.74, 6) is 0.815. The Morgan fingerprint density at radius 2 is 1.80 bits per heavy atom. The monoisotopic (exact) mass is 210 g/mol. The van der Waals surface area contributed by atoms with Gasteiger partial charge >= 0.3 is 0 Å². The smallest absolute Gasteiger partial charge is 0.0565 e. The van der Waals surface area contributed by atoms with Gasteiger partial charge in [0.05, 0.1) is 13.2 Å². The van der Waals surface area contributed by atoms with Gasteiger partial charge < -0.3 is 15.4 Å². The van der Waals surface area contributed by atoms with Crippen molar-refractivity contribution in [2.75, 3.05) is 33.4 Å². The molecule has 0 atom stereocenters. The quantitative estimate of drug-likeness (QED) is 0.734. The summed E-state index contributed by atoms with van der Waals surface area (Å²) in [6, 6.07) is 0. The number of nitrogens with two attached hydrogens (primary N) is 1. The second-order valence-corrected chi connectivity index (χ2v) is 5.88. The molecule has 3 nitrogen and oxygen atoms in total. The van der Waals surface area contributed by atoms with Crippen molar-refractivity contribution in [1.29, 1.82) is 0 Å². The summed E-state index contributed by atoms with van der Waals surface area (Å²) in [6.45, 7) is 4.33. The van der Waals surface area contributed by atoms with Crippen molar-refractivity contribution in [1.82, 2.24) is 4.90 Å². The molecular formula is C12H22N2O. The van der Waals surface area contributed by atoms with Gasteiger partial charge in [-0.1, -0.05) is 0 Å². The van der Waals surface area contributed by atoms with Gasteiger partial charge in [-0.3, -0.25) is 0 Å². The molecule has 2 heterocycles. The summed E-state index contributed by atoms with van der Waals surface area (Å²) in [4.78, 5) is 2.43. The zero-order chi connectivity index (χ0) is 10.5. The van der Waals surface area contributed by atoms with E-state index in [1.165, 1.54) is 38.8 Å². The average molecular weight is 210 g/mol. The summed E-state index contributed by atoms with van der Waals surface area (Å²) < 4.78 is 5.49. The van der Waals surface area contributed by atoms with Crippen molar-refractivity contribution in [2.24, 2.45) is 17.1 Å². The van der Waals surface area contributed by atoms with Crippen molar-refractivity contribution in [2.45, 2.75) is 31.2 Å². The Balaban J connectivity index is 1.74. The highest BCUT2D eigenvalue weighted by atomic mass is 16.5.